The van der Waals surface area contributed by atoms with E-state index >= 15 is 0 Å². The third kappa shape index (κ3) is 5.99. The average molecular weight is 622 g/mol. The molecule has 1 atom stereocenters. The second-order valence-electron chi connectivity index (χ2n) is 11.5. The SMILES string of the molecule is COC(=O)C1=C(C)N(c2cccc(C(F)(F)F)c2)c2n[nH]c(=O)n2[C@@H]1c1ccc(C#N)cc1CC[N+](C)(C)Cc1nccn1C. The second-order valence-corrected chi connectivity index (χ2v) is 11.5. The summed E-state index contributed by atoms with van der Waals surface area (Å²) in [6.07, 6.45) is -0.550. The number of quaternary nitrogens is 1. The number of carbonyl (C=O) groups is 1. The highest BCUT2D eigenvalue weighted by Crippen LogP contribution is 2.43. The van der Waals surface area contributed by atoms with Gasteiger partial charge in [0.05, 0.1) is 50.5 Å². The molecule has 1 N–H and O–H groups in total. The van der Waals surface area contributed by atoms with Crippen LogP contribution in [0, 0.1) is 11.3 Å². The van der Waals surface area contributed by atoms with Crippen LogP contribution >= 0.6 is 0 Å². The highest BCUT2D eigenvalue weighted by atomic mass is 19.4. The predicted octanol–water partition coefficient (Wildman–Crippen LogP) is 4.20. The molecule has 0 aliphatic carbocycles. The van der Waals surface area contributed by atoms with Gasteiger partial charge in [0.25, 0.3) is 0 Å². The van der Waals surface area contributed by atoms with Crippen molar-refractivity contribution in [1.29, 1.82) is 5.26 Å². The smallest absolute Gasteiger partial charge is 0.416 e. The van der Waals surface area contributed by atoms with Gasteiger partial charge in [-0.3, -0.25) is 4.90 Å². The lowest BCUT2D eigenvalue weighted by Crippen LogP contribution is -2.41. The van der Waals surface area contributed by atoms with Crippen molar-refractivity contribution in [2.24, 2.45) is 7.05 Å². The number of likely N-dealkylation sites (N-methyl/N-ethyl adjacent to an activating group) is 1. The molecule has 0 amide bonds. The molecular weight excluding hydrogens is 589 g/mol. The largest absolute Gasteiger partial charge is 0.466 e. The van der Waals surface area contributed by atoms with Crippen molar-refractivity contribution < 1.29 is 27.2 Å². The van der Waals surface area contributed by atoms with Crippen LogP contribution in [0.4, 0.5) is 24.8 Å². The second kappa shape index (κ2) is 11.7. The standard InChI is InChI=1S/C31H31F3N8O3/c1-19-26(28(43)45-5)27(41-29(37-38-30(41)44)40(19)23-8-6-7-22(16-23)31(32,33)34)24-10-9-20(17-35)15-21(24)11-14-42(3,4)18-25-36-12-13-39(25)2/h6-10,12-13,15-16,27H,11,14,18H2,1-5H3/p+1/t27-/m1/s1. The molecule has 4 aromatic rings. The van der Waals surface area contributed by atoms with E-state index in [1.54, 1.807) is 31.3 Å². The van der Waals surface area contributed by atoms with Gasteiger partial charge in [-0.25, -0.2) is 24.2 Å². The summed E-state index contributed by atoms with van der Waals surface area (Å²) < 4.78 is 49.8. The van der Waals surface area contributed by atoms with Gasteiger partial charge in [0.15, 0.2) is 5.82 Å². The van der Waals surface area contributed by atoms with Crippen LogP contribution in [0.15, 0.2) is 70.9 Å². The monoisotopic (exact) mass is 621 g/mol. The van der Waals surface area contributed by atoms with Gasteiger partial charge < -0.3 is 13.8 Å². The van der Waals surface area contributed by atoms with Gasteiger partial charge in [0.1, 0.15) is 12.6 Å². The number of H-pyrrole nitrogens is 1. The van der Waals surface area contributed by atoms with Crippen LogP contribution in [0.25, 0.3) is 0 Å². The lowest BCUT2D eigenvalue weighted by Gasteiger charge is -2.36. The molecule has 234 valence electrons. The number of methoxy groups -OCH3 is 1. The summed E-state index contributed by atoms with van der Waals surface area (Å²) in [5, 5.41) is 16.3. The number of anilines is 2. The summed E-state index contributed by atoms with van der Waals surface area (Å²) in [5.74, 6) is 0.124. The quantitative estimate of drug-likeness (QED) is 0.231. The molecule has 11 nitrogen and oxygen atoms in total. The number of benzene rings is 2. The molecule has 14 heteroatoms. The highest BCUT2D eigenvalue weighted by molar-refractivity contribution is 5.93. The number of halogens is 3. The number of nitrogens with zero attached hydrogens (tertiary/aromatic N) is 7. The predicted molar refractivity (Wildman–Crippen MR) is 158 cm³/mol. The first-order valence-corrected chi connectivity index (χ1v) is 14.0. The number of carbonyl (C=O) groups excluding carboxylic acids is 1. The first-order chi connectivity index (χ1) is 21.3. The fourth-order valence-electron chi connectivity index (χ4n) is 5.67. The van der Waals surface area contributed by atoms with Gasteiger partial charge >= 0.3 is 17.8 Å². The number of hydrogen-bond donors (Lipinski definition) is 1. The Morgan fingerprint density at radius 1 is 1.20 bits per heavy atom. The summed E-state index contributed by atoms with van der Waals surface area (Å²) in [6, 6.07) is 10.7. The molecule has 45 heavy (non-hydrogen) atoms. The molecule has 0 unspecified atom stereocenters. The molecule has 5 rings (SSSR count). The number of alkyl halides is 3. The molecule has 0 spiro atoms. The Labute approximate surface area is 257 Å². The molecule has 0 bridgehead atoms. The number of rotatable bonds is 8. The number of aromatic amines is 1. The van der Waals surface area contributed by atoms with Crippen molar-refractivity contribution in [2.75, 3.05) is 32.6 Å². The van der Waals surface area contributed by atoms with Crippen molar-refractivity contribution in [3.63, 3.8) is 0 Å². The van der Waals surface area contributed by atoms with Crippen molar-refractivity contribution in [1.82, 2.24) is 24.3 Å². The van der Waals surface area contributed by atoms with E-state index in [4.69, 9.17) is 4.74 Å². The molecule has 2 aromatic carbocycles. The van der Waals surface area contributed by atoms with E-state index < -0.39 is 29.4 Å². The van der Waals surface area contributed by atoms with E-state index in [1.807, 2.05) is 17.8 Å². The van der Waals surface area contributed by atoms with Crippen LogP contribution in [0.5, 0.6) is 0 Å². The van der Waals surface area contributed by atoms with Gasteiger partial charge in [-0.1, -0.05) is 12.1 Å². The number of nitrogens with one attached hydrogen (secondary N) is 1. The van der Waals surface area contributed by atoms with E-state index in [9.17, 15) is 28.0 Å². The van der Waals surface area contributed by atoms with Crippen LogP contribution in [0.2, 0.25) is 0 Å². The molecule has 1 aliphatic heterocycles. The first kappa shape index (κ1) is 31.3. The van der Waals surface area contributed by atoms with Gasteiger partial charge in [0.2, 0.25) is 5.95 Å². The number of aryl methyl sites for hydroxylation is 1. The van der Waals surface area contributed by atoms with Gasteiger partial charge in [-0.15, -0.1) is 5.10 Å². The number of ether oxygens (including phenoxy) is 1. The molecule has 1 aliphatic rings. The van der Waals surface area contributed by atoms with Crippen LogP contribution < -0.4 is 10.6 Å². The third-order valence-corrected chi connectivity index (χ3v) is 8.02. The van der Waals surface area contributed by atoms with Gasteiger partial charge in [0, 0.05) is 37.2 Å². The number of aromatic nitrogens is 5. The van der Waals surface area contributed by atoms with Crippen molar-refractivity contribution in [3.05, 3.63) is 105 Å². The number of nitriles is 1. The molecule has 0 fully saturated rings. The molecular formula is C31H32F3N8O3+. The molecule has 0 radical (unpaired) electrons. The zero-order valence-corrected chi connectivity index (χ0v) is 25.4. The van der Waals surface area contributed by atoms with Crippen molar-refractivity contribution in [3.8, 4) is 6.07 Å². The fourth-order valence-corrected chi connectivity index (χ4v) is 5.67. The van der Waals surface area contributed by atoms with E-state index in [1.165, 1.54) is 28.7 Å². The first-order valence-electron chi connectivity index (χ1n) is 14.0. The lowest BCUT2D eigenvalue weighted by atomic mass is 9.89. The molecule has 2 aromatic heterocycles. The molecule has 3 heterocycles. The Bertz CT molecular complexity index is 1890. The summed E-state index contributed by atoms with van der Waals surface area (Å²) in [6.45, 7) is 2.81. The Morgan fingerprint density at radius 3 is 2.60 bits per heavy atom. The minimum absolute atomic E-state index is 0.00400. The summed E-state index contributed by atoms with van der Waals surface area (Å²) in [7, 11) is 7.22. The zero-order chi connectivity index (χ0) is 32.7. The summed E-state index contributed by atoms with van der Waals surface area (Å²) in [5.41, 5.74) is 0.407. The number of allylic oxidation sites excluding steroid dienone is 1. The number of hydrogen-bond acceptors (Lipinski definition) is 7. The zero-order valence-electron chi connectivity index (χ0n) is 25.4. The average Bonchev–Trinajstić information content (AvgIpc) is 3.58. The maximum absolute atomic E-state index is 13.7. The van der Waals surface area contributed by atoms with E-state index in [2.05, 4.69) is 35.3 Å². The Kier molecular flexibility index (Phi) is 8.15. The van der Waals surface area contributed by atoms with E-state index in [0.29, 0.717) is 40.7 Å². The van der Waals surface area contributed by atoms with Crippen LogP contribution in [-0.4, -0.2) is 62.5 Å². The number of fused-ring (bicyclic) bond motifs is 1. The van der Waals surface area contributed by atoms with Crippen molar-refractivity contribution >= 4 is 17.6 Å². The Hall–Kier alpha value is -5.16. The Morgan fingerprint density at radius 2 is 1.96 bits per heavy atom. The van der Waals surface area contributed by atoms with Gasteiger partial charge in [-0.05, 0) is 48.4 Å². The minimum atomic E-state index is -4.62. The van der Waals surface area contributed by atoms with Crippen LogP contribution in [0.3, 0.4) is 0 Å². The molecule has 0 saturated heterocycles. The molecule has 0 saturated carbocycles. The Balaban J connectivity index is 1.65. The fraction of sp³-hybridized carbons (Fsp3) is 0.323. The van der Waals surface area contributed by atoms with Gasteiger partial charge in [-0.2, -0.15) is 18.4 Å². The van der Waals surface area contributed by atoms with Crippen LogP contribution in [-0.2, 0) is 35.7 Å². The highest BCUT2D eigenvalue weighted by Gasteiger charge is 2.41. The normalized spacial score (nSPS) is 15.2. The summed E-state index contributed by atoms with van der Waals surface area (Å²) >= 11 is 0. The third-order valence-electron chi connectivity index (χ3n) is 8.02. The number of esters is 1. The van der Waals surface area contributed by atoms with Crippen LogP contribution in [0.1, 0.15) is 41.0 Å². The van der Waals surface area contributed by atoms with Crippen molar-refractivity contribution in [2.45, 2.75) is 32.1 Å². The maximum Gasteiger partial charge on any atom is 0.416 e. The topological polar surface area (TPSA) is 122 Å². The lowest BCUT2D eigenvalue weighted by molar-refractivity contribution is -0.904. The van der Waals surface area contributed by atoms with E-state index in [-0.39, 0.29) is 22.9 Å². The van der Waals surface area contributed by atoms with E-state index in [0.717, 1.165) is 18.0 Å². The summed E-state index contributed by atoms with van der Waals surface area (Å²) in [4.78, 5) is 32.6. The minimum Gasteiger partial charge on any atom is -0.466 e. The number of imidazole rings is 1. The maximum atomic E-state index is 13.7.